The van der Waals surface area contributed by atoms with Crippen molar-refractivity contribution >= 4 is 23.5 Å². The van der Waals surface area contributed by atoms with Gasteiger partial charge in [-0.05, 0) is 30.5 Å². The second kappa shape index (κ2) is 8.03. The van der Waals surface area contributed by atoms with Crippen molar-refractivity contribution in [3.05, 3.63) is 34.9 Å². The van der Waals surface area contributed by atoms with Gasteiger partial charge in [-0.3, -0.25) is 4.79 Å². The van der Waals surface area contributed by atoms with Gasteiger partial charge in [0, 0.05) is 24.5 Å². The minimum Gasteiger partial charge on any atom is -0.352 e. The Kier molecular flexibility index (Phi) is 6.07. The van der Waals surface area contributed by atoms with E-state index in [4.69, 9.17) is 17.3 Å². The van der Waals surface area contributed by atoms with Gasteiger partial charge < -0.3 is 16.0 Å². The number of carbonyl (C=O) groups is 2. The molecule has 6 heteroatoms. The normalized spacial score (nSPS) is 18.6. The van der Waals surface area contributed by atoms with Crippen molar-refractivity contribution in [1.82, 2.24) is 10.2 Å². The summed E-state index contributed by atoms with van der Waals surface area (Å²) in [7, 11) is 0. The number of hydrogen-bond acceptors (Lipinski definition) is 2. The number of benzene rings is 1. The molecule has 0 aromatic heterocycles. The van der Waals surface area contributed by atoms with E-state index >= 15 is 0 Å². The third kappa shape index (κ3) is 4.63. The van der Waals surface area contributed by atoms with Crippen LogP contribution in [0.15, 0.2) is 24.3 Å². The van der Waals surface area contributed by atoms with E-state index < -0.39 is 6.03 Å². The van der Waals surface area contributed by atoms with Crippen molar-refractivity contribution in [2.45, 2.75) is 38.1 Å². The van der Waals surface area contributed by atoms with E-state index in [2.05, 4.69) is 5.32 Å². The molecule has 0 aliphatic carbocycles. The molecular formula is C16H22ClN3O2. The van der Waals surface area contributed by atoms with Gasteiger partial charge in [0.2, 0.25) is 5.91 Å². The summed E-state index contributed by atoms with van der Waals surface area (Å²) in [6.45, 7) is 1.03. The Balaban J connectivity index is 2.08. The third-order valence-corrected chi connectivity index (χ3v) is 4.22. The monoisotopic (exact) mass is 323 g/mol. The molecule has 1 heterocycles. The first kappa shape index (κ1) is 16.6. The Hall–Kier alpha value is -1.75. The lowest BCUT2D eigenvalue weighted by Crippen LogP contribution is -2.38. The van der Waals surface area contributed by atoms with Crippen LogP contribution in [0.3, 0.4) is 0 Å². The van der Waals surface area contributed by atoms with Gasteiger partial charge in [-0.25, -0.2) is 4.79 Å². The van der Waals surface area contributed by atoms with Crippen LogP contribution in [0.25, 0.3) is 0 Å². The van der Waals surface area contributed by atoms with E-state index in [0.717, 1.165) is 37.8 Å². The molecule has 0 saturated carbocycles. The van der Waals surface area contributed by atoms with E-state index in [-0.39, 0.29) is 24.9 Å². The van der Waals surface area contributed by atoms with Gasteiger partial charge in [0.15, 0.2) is 0 Å². The first-order chi connectivity index (χ1) is 10.6. The van der Waals surface area contributed by atoms with E-state index in [0.29, 0.717) is 5.02 Å². The van der Waals surface area contributed by atoms with Crippen LogP contribution in [0.4, 0.5) is 4.79 Å². The molecule has 1 saturated heterocycles. The minimum atomic E-state index is -0.599. The Morgan fingerprint density at radius 2 is 1.95 bits per heavy atom. The lowest BCUT2D eigenvalue weighted by atomic mass is 10.0. The number of likely N-dealkylation sites (tertiary alicyclic amines) is 1. The fourth-order valence-corrected chi connectivity index (χ4v) is 3.00. The molecule has 1 aliphatic heterocycles. The van der Waals surface area contributed by atoms with E-state index in [1.807, 2.05) is 29.2 Å². The Morgan fingerprint density at radius 3 is 2.64 bits per heavy atom. The summed E-state index contributed by atoms with van der Waals surface area (Å²) in [6, 6.07) is 7.18. The van der Waals surface area contributed by atoms with Crippen molar-refractivity contribution in [3.63, 3.8) is 0 Å². The number of nitrogens with two attached hydrogens (primary N) is 1. The van der Waals surface area contributed by atoms with Crippen LogP contribution in [0.2, 0.25) is 5.02 Å². The summed E-state index contributed by atoms with van der Waals surface area (Å²) >= 11 is 5.95. The quantitative estimate of drug-likeness (QED) is 0.894. The van der Waals surface area contributed by atoms with Crippen LogP contribution in [0.5, 0.6) is 0 Å². The van der Waals surface area contributed by atoms with Gasteiger partial charge in [-0.2, -0.15) is 0 Å². The zero-order chi connectivity index (χ0) is 15.9. The van der Waals surface area contributed by atoms with Crippen LogP contribution >= 0.6 is 11.6 Å². The Morgan fingerprint density at radius 1 is 1.23 bits per heavy atom. The van der Waals surface area contributed by atoms with Crippen molar-refractivity contribution in [3.8, 4) is 0 Å². The predicted molar refractivity (Wildman–Crippen MR) is 86.6 cm³/mol. The van der Waals surface area contributed by atoms with Crippen LogP contribution in [0.1, 0.15) is 43.7 Å². The van der Waals surface area contributed by atoms with Crippen LogP contribution < -0.4 is 11.1 Å². The smallest absolute Gasteiger partial charge is 0.312 e. The molecule has 0 unspecified atom stereocenters. The second-order valence-corrected chi connectivity index (χ2v) is 5.98. The standard InChI is InChI=1S/C16H22ClN3O2/c17-13-7-5-12(6-8-13)14-4-2-1-3-11-20(14)15(21)9-10-19-16(18)22/h5-8,14H,1-4,9-11H2,(H3,18,19,22)/t14-/m1/s1. The van der Waals surface area contributed by atoms with Gasteiger partial charge >= 0.3 is 6.03 Å². The summed E-state index contributed by atoms with van der Waals surface area (Å²) in [6.07, 6.45) is 4.48. The molecule has 3 amide bonds. The number of nitrogens with one attached hydrogen (secondary N) is 1. The predicted octanol–water partition coefficient (Wildman–Crippen LogP) is 2.84. The van der Waals surface area contributed by atoms with Crippen molar-refractivity contribution < 1.29 is 9.59 Å². The zero-order valence-electron chi connectivity index (χ0n) is 12.6. The highest BCUT2D eigenvalue weighted by Crippen LogP contribution is 2.31. The largest absolute Gasteiger partial charge is 0.352 e. The number of rotatable bonds is 4. The molecule has 120 valence electrons. The first-order valence-corrected chi connectivity index (χ1v) is 8.04. The summed E-state index contributed by atoms with van der Waals surface area (Å²) in [5.74, 6) is 0.0515. The fourth-order valence-electron chi connectivity index (χ4n) is 2.87. The number of carbonyl (C=O) groups excluding carboxylic acids is 2. The number of urea groups is 1. The van der Waals surface area contributed by atoms with Gasteiger partial charge in [-0.15, -0.1) is 0 Å². The van der Waals surface area contributed by atoms with Gasteiger partial charge in [0.1, 0.15) is 0 Å². The number of halogens is 1. The average molecular weight is 324 g/mol. The number of nitrogens with zero attached hydrogens (tertiary/aromatic N) is 1. The maximum absolute atomic E-state index is 12.5. The minimum absolute atomic E-state index is 0.0515. The second-order valence-electron chi connectivity index (χ2n) is 5.54. The molecule has 3 N–H and O–H groups in total. The summed E-state index contributed by atoms with van der Waals surface area (Å²) in [5, 5.41) is 3.16. The molecule has 5 nitrogen and oxygen atoms in total. The third-order valence-electron chi connectivity index (χ3n) is 3.97. The molecule has 1 aromatic carbocycles. The molecule has 1 fully saturated rings. The maximum atomic E-state index is 12.5. The number of primary amides is 1. The van der Waals surface area contributed by atoms with Gasteiger partial charge in [0.25, 0.3) is 0 Å². The molecule has 1 atom stereocenters. The number of hydrogen-bond donors (Lipinski definition) is 2. The molecule has 0 bridgehead atoms. The molecule has 0 radical (unpaired) electrons. The highest BCUT2D eigenvalue weighted by Gasteiger charge is 2.26. The summed E-state index contributed by atoms with van der Waals surface area (Å²) in [5.41, 5.74) is 6.14. The lowest BCUT2D eigenvalue weighted by Gasteiger charge is -2.30. The molecule has 1 aliphatic rings. The van der Waals surface area contributed by atoms with Crippen LogP contribution in [-0.4, -0.2) is 29.9 Å². The zero-order valence-corrected chi connectivity index (χ0v) is 13.3. The maximum Gasteiger partial charge on any atom is 0.312 e. The average Bonchev–Trinajstić information content (AvgIpc) is 2.73. The molecule has 2 rings (SSSR count). The molecular weight excluding hydrogens is 302 g/mol. The first-order valence-electron chi connectivity index (χ1n) is 7.66. The summed E-state index contributed by atoms with van der Waals surface area (Å²) < 4.78 is 0. The Labute approximate surface area is 135 Å². The van der Waals surface area contributed by atoms with Crippen LogP contribution in [-0.2, 0) is 4.79 Å². The van der Waals surface area contributed by atoms with E-state index in [1.165, 1.54) is 0 Å². The molecule has 22 heavy (non-hydrogen) atoms. The molecule has 1 aromatic rings. The van der Waals surface area contributed by atoms with E-state index in [1.54, 1.807) is 0 Å². The Bertz CT molecular complexity index is 519. The SMILES string of the molecule is NC(=O)NCCC(=O)N1CCCCC[C@@H]1c1ccc(Cl)cc1. The van der Waals surface area contributed by atoms with Crippen LogP contribution in [0, 0.1) is 0 Å². The van der Waals surface area contributed by atoms with Gasteiger partial charge in [0.05, 0.1) is 6.04 Å². The highest BCUT2D eigenvalue weighted by molar-refractivity contribution is 6.30. The fraction of sp³-hybridized carbons (Fsp3) is 0.500. The topological polar surface area (TPSA) is 75.4 Å². The van der Waals surface area contributed by atoms with Crippen molar-refractivity contribution in [2.24, 2.45) is 5.73 Å². The lowest BCUT2D eigenvalue weighted by molar-refractivity contribution is -0.133. The van der Waals surface area contributed by atoms with E-state index in [9.17, 15) is 9.59 Å². The van der Waals surface area contributed by atoms with Crippen molar-refractivity contribution in [1.29, 1.82) is 0 Å². The highest BCUT2D eigenvalue weighted by atomic mass is 35.5. The van der Waals surface area contributed by atoms with Crippen molar-refractivity contribution in [2.75, 3.05) is 13.1 Å². The number of amides is 3. The molecule has 0 spiro atoms. The summed E-state index contributed by atoms with van der Waals surface area (Å²) in [4.78, 5) is 25.1. The van der Waals surface area contributed by atoms with Gasteiger partial charge in [-0.1, -0.05) is 36.6 Å².